The van der Waals surface area contributed by atoms with Gasteiger partial charge in [-0.25, -0.2) is 0 Å². The summed E-state index contributed by atoms with van der Waals surface area (Å²) in [6.45, 7) is 0.473. The molecule has 1 aliphatic rings. The summed E-state index contributed by atoms with van der Waals surface area (Å²) >= 11 is 6.08. The van der Waals surface area contributed by atoms with Gasteiger partial charge >= 0.3 is 0 Å². The van der Waals surface area contributed by atoms with Crippen LogP contribution in [0.4, 0.5) is 5.69 Å². The van der Waals surface area contributed by atoms with Gasteiger partial charge < -0.3 is 5.32 Å². The standard InChI is InChI=1S/C14H19ClN2O2/c15-13-8-5-9-14(17(18)19)12(13)10-16-11-6-3-1-2-4-7-11/h5,8-9,11,16H,1-4,6-7,10H2. The lowest BCUT2D eigenvalue weighted by Gasteiger charge is -2.16. The Balaban J connectivity index is 2.04. The molecule has 0 saturated heterocycles. The zero-order valence-corrected chi connectivity index (χ0v) is 11.7. The lowest BCUT2D eigenvalue weighted by molar-refractivity contribution is -0.385. The van der Waals surface area contributed by atoms with E-state index in [-0.39, 0.29) is 10.6 Å². The van der Waals surface area contributed by atoms with Crippen LogP contribution in [0.3, 0.4) is 0 Å². The van der Waals surface area contributed by atoms with E-state index in [0.29, 0.717) is 23.2 Å². The normalized spacial score (nSPS) is 17.1. The van der Waals surface area contributed by atoms with Gasteiger partial charge in [-0.3, -0.25) is 10.1 Å². The van der Waals surface area contributed by atoms with Crippen LogP contribution in [0.15, 0.2) is 18.2 Å². The topological polar surface area (TPSA) is 55.2 Å². The number of nitro benzene ring substituents is 1. The second-order valence-corrected chi connectivity index (χ2v) is 5.47. The average Bonchev–Trinajstić information content (AvgIpc) is 2.65. The summed E-state index contributed by atoms with van der Waals surface area (Å²) in [5, 5.41) is 14.9. The Morgan fingerprint density at radius 1 is 1.26 bits per heavy atom. The predicted octanol–water partition coefficient (Wildman–Crippen LogP) is 4.06. The Morgan fingerprint density at radius 2 is 1.95 bits per heavy atom. The molecule has 4 nitrogen and oxygen atoms in total. The molecule has 1 fully saturated rings. The minimum absolute atomic E-state index is 0.105. The van der Waals surface area contributed by atoms with Crippen molar-refractivity contribution in [3.05, 3.63) is 38.9 Å². The van der Waals surface area contributed by atoms with Gasteiger partial charge in [0.05, 0.1) is 15.5 Å². The number of benzene rings is 1. The molecule has 0 aromatic heterocycles. The van der Waals surface area contributed by atoms with Crippen molar-refractivity contribution in [2.45, 2.75) is 51.1 Å². The van der Waals surface area contributed by atoms with Crippen molar-refractivity contribution in [3.8, 4) is 0 Å². The van der Waals surface area contributed by atoms with E-state index in [1.807, 2.05) is 0 Å². The fraction of sp³-hybridized carbons (Fsp3) is 0.571. The van der Waals surface area contributed by atoms with Gasteiger partial charge in [-0.1, -0.05) is 43.4 Å². The molecule has 2 rings (SSSR count). The summed E-state index contributed by atoms with van der Waals surface area (Å²) in [6, 6.07) is 5.29. The van der Waals surface area contributed by atoms with E-state index < -0.39 is 0 Å². The Morgan fingerprint density at radius 3 is 2.58 bits per heavy atom. The summed E-state index contributed by atoms with van der Waals surface area (Å²) in [4.78, 5) is 10.6. The summed E-state index contributed by atoms with van der Waals surface area (Å²) in [7, 11) is 0. The lowest BCUT2D eigenvalue weighted by atomic mass is 10.1. The highest BCUT2D eigenvalue weighted by molar-refractivity contribution is 6.31. The van der Waals surface area contributed by atoms with Crippen LogP contribution in [0.25, 0.3) is 0 Å². The monoisotopic (exact) mass is 282 g/mol. The molecule has 0 bridgehead atoms. The number of hydrogen-bond acceptors (Lipinski definition) is 3. The molecule has 0 spiro atoms. The van der Waals surface area contributed by atoms with Crippen molar-refractivity contribution in [2.75, 3.05) is 0 Å². The van der Waals surface area contributed by atoms with Crippen molar-refractivity contribution >= 4 is 17.3 Å². The maximum absolute atomic E-state index is 11.0. The minimum Gasteiger partial charge on any atom is -0.310 e. The van der Waals surface area contributed by atoms with E-state index in [4.69, 9.17) is 11.6 Å². The van der Waals surface area contributed by atoms with Crippen molar-refractivity contribution in [3.63, 3.8) is 0 Å². The maximum atomic E-state index is 11.0. The Hall–Kier alpha value is -1.13. The van der Waals surface area contributed by atoms with Gasteiger partial charge in [0.15, 0.2) is 0 Å². The van der Waals surface area contributed by atoms with E-state index >= 15 is 0 Å². The maximum Gasteiger partial charge on any atom is 0.275 e. The molecule has 1 aromatic rings. The molecule has 1 saturated carbocycles. The van der Waals surface area contributed by atoms with Gasteiger partial charge in [0.2, 0.25) is 0 Å². The van der Waals surface area contributed by atoms with Gasteiger partial charge in [-0.2, -0.15) is 0 Å². The highest BCUT2D eigenvalue weighted by atomic mass is 35.5. The molecule has 0 unspecified atom stereocenters. The van der Waals surface area contributed by atoms with Gasteiger partial charge in [0, 0.05) is 18.7 Å². The Bertz CT molecular complexity index is 443. The quantitative estimate of drug-likeness (QED) is 0.515. The number of nitro groups is 1. The van der Waals surface area contributed by atoms with Crippen molar-refractivity contribution in [2.24, 2.45) is 0 Å². The molecular weight excluding hydrogens is 264 g/mol. The smallest absolute Gasteiger partial charge is 0.275 e. The van der Waals surface area contributed by atoms with Crippen LogP contribution in [0.5, 0.6) is 0 Å². The third-order valence-electron chi connectivity index (χ3n) is 3.71. The van der Waals surface area contributed by atoms with E-state index in [0.717, 1.165) is 12.8 Å². The second-order valence-electron chi connectivity index (χ2n) is 5.06. The summed E-state index contributed by atoms with van der Waals surface area (Å²) in [5.41, 5.74) is 0.701. The van der Waals surface area contributed by atoms with Crippen LogP contribution in [0, 0.1) is 10.1 Å². The minimum atomic E-state index is -0.365. The third-order valence-corrected chi connectivity index (χ3v) is 4.07. The van der Waals surface area contributed by atoms with Crippen LogP contribution in [0.2, 0.25) is 5.02 Å². The molecule has 1 aliphatic carbocycles. The first-order chi connectivity index (χ1) is 9.18. The predicted molar refractivity (Wildman–Crippen MR) is 76.4 cm³/mol. The molecule has 0 amide bonds. The molecule has 19 heavy (non-hydrogen) atoms. The highest BCUT2D eigenvalue weighted by Gasteiger charge is 2.18. The van der Waals surface area contributed by atoms with Crippen molar-refractivity contribution in [1.29, 1.82) is 0 Å². The third kappa shape index (κ3) is 3.91. The SMILES string of the molecule is O=[N+]([O-])c1cccc(Cl)c1CNC1CCCCCC1. The summed E-state index contributed by atoms with van der Waals surface area (Å²) in [5.74, 6) is 0. The number of halogens is 1. The van der Waals surface area contributed by atoms with Crippen LogP contribution in [-0.4, -0.2) is 11.0 Å². The number of nitrogens with one attached hydrogen (secondary N) is 1. The zero-order valence-electron chi connectivity index (χ0n) is 10.9. The molecule has 5 heteroatoms. The van der Waals surface area contributed by atoms with Crippen LogP contribution < -0.4 is 5.32 Å². The first-order valence-corrected chi connectivity index (χ1v) is 7.21. The second kappa shape index (κ2) is 6.87. The average molecular weight is 283 g/mol. The molecule has 1 N–H and O–H groups in total. The zero-order chi connectivity index (χ0) is 13.7. The first kappa shape index (κ1) is 14.3. The van der Waals surface area contributed by atoms with E-state index in [1.165, 1.54) is 31.7 Å². The first-order valence-electron chi connectivity index (χ1n) is 6.83. The van der Waals surface area contributed by atoms with E-state index in [9.17, 15) is 10.1 Å². The number of rotatable bonds is 4. The van der Waals surface area contributed by atoms with E-state index in [2.05, 4.69) is 5.32 Å². The van der Waals surface area contributed by atoms with E-state index in [1.54, 1.807) is 12.1 Å². The highest BCUT2D eigenvalue weighted by Crippen LogP contribution is 2.26. The Kier molecular flexibility index (Phi) is 5.16. The molecular formula is C14H19ClN2O2. The van der Waals surface area contributed by atoms with Gasteiger partial charge in [-0.15, -0.1) is 0 Å². The van der Waals surface area contributed by atoms with Crippen LogP contribution >= 0.6 is 11.6 Å². The van der Waals surface area contributed by atoms with Crippen molar-refractivity contribution in [1.82, 2.24) is 5.32 Å². The fourth-order valence-corrected chi connectivity index (χ4v) is 2.86. The lowest BCUT2D eigenvalue weighted by Crippen LogP contribution is -2.28. The van der Waals surface area contributed by atoms with Gasteiger partial charge in [-0.05, 0) is 18.9 Å². The number of hydrogen-bond donors (Lipinski definition) is 1. The van der Waals surface area contributed by atoms with Gasteiger partial charge in [0.25, 0.3) is 5.69 Å². The summed E-state index contributed by atoms with van der Waals surface area (Å²) < 4.78 is 0. The summed E-state index contributed by atoms with van der Waals surface area (Å²) in [6.07, 6.45) is 7.37. The molecule has 0 heterocycles. The van der Waals surface area contributed by atoms with Gasteiger partial charge in [0.1, 0.15) is 0 Å². The van der Waals surface area contributed by atoms with Crippen molar-refractivity contribution < 1.29 is 4.92 Å². The molecule has 0 atom stereocenters. The molecule has 104 valence electrons. The number of nitrogens with zero attached hydrogens (tertiary/aromatic N) is 1. The van der Waals surface area contributed by atoms with Crippen LogP contribution in [-0.2, 0) is 6.54 Å². The largest absolute Gasteiger partial charge is 0.310 e. The Labute approximate surface area is 118 Å². The fourth-order valence-electron chi connectivity index (χ4n) is 2.62. The molecule has 0 radical (unpaired) electrons. The molecule has 0 aliphatic heterocycles. The molecule has 1 aromatic carbocycles. The van der Waals surface area contributed by atoms with Crippen LogP contribution in [0.1, 0.15) is 44.1 Å².